The van der Waals surface area contributed by atoms with E-state index in [2.05, 4.69) is 191 Å². The van der Waals surface area contributed by atoms with E-state index < -0.39 is 0 Å². The third-order valence-corrected chi connectivity index (χ3v) is 12.0. The van der Waals surface area contributed by atoms with Crippen molar-refractivity contribution in [2.75, 3.05) is 0 Å². The van der Waals surface area contributed by atoms with Crippen molar-refractivity contribution in [3.8, 4) is 28.3 Å². The third-order valence-electron chi connectivity index (χ3n) is 12.0. The van der Waals surface area contributed by atoms with Gasteiger partial charge in [-0.25, -0.2) is 9.97 Å². The van der Waals surface area contributed by atoms with Crippen molar-refractivity contribution < 1.29 is 0 Å². The van der Waals surface area contributed by atoms with Crippen LogP contribution in [0.1, 0.15) is 0 Å². The third kappa shape index (κ3) is 3.97. The van der Waals surface area contributed by atoms with E-state index in [1.54, 1.807) is 0 Å². The molecule has 0 bridgehead atoms. The van der Waals surface area contributed by atoms with Crippen molar-refractivity contribution in [3.63, 3.8) is 0 Å². The fourth-order valence-corrected chi connectivity index (χ4v) is 9.55. The van der Waals surface area contributed by atoms with Crippen molar-refractivity contribution in [2.45, 2.75) is 0 Å². The van der Waals surface area contributed by atoms with Gasteiger partial charge >= 0.3 is 0 Å². The minimum atomic E-state index is 0.714. The van der Waals surface area contributed by atoms with Crippen LogP contribution in [-0.4, -0.2) is 18.9 Å². The van der Waals surface area contributed by atoms with Crippen molar-refractivity contribution >= 4 is 92.3 Å². The molecule has 0 saturated heterocycles. The van der Waals surface area contributed by atoms with Gasteiger partial charge in [-0.1, -0.05) is 127 Å². The summed E-state index contributed by atoms with van der Waals surface area (Å²) in [4.78, 5) is 10.4. The maximum Gasteiger partial charge on any atom is 0.160 e. The molecule has 0 N–H and O–H groups in total. The van der Waals surface area contributed by atoms with Gasteiger partial charge in [-0.15, -0.1) is 0 Å². The molecule has 0 spiro atoms. The predicted molar refractivity (Wildman–Crippen MR) is 234 cm³/mol. The van der Waals surface area contributed by atoms with Gasteiger partial charge in [0, 0.05) is 59.9 Å². The van der Waals surface area contributed by atoms with Crippen molar-refractivity contribution in [2.24, 2.45) is 0 Å². The molecule has 56 heavy (non-hydrogen) atoms. The molecule has 0 aliphatic carbocycles. The van der Waals surface area contributed by atoms with E-state index in [1.807, 2.05) is 0 Å². The zero-order valence-corrected chi connectivity index (χ0v) is 30.1. The van der Waals surface area contributed by atoms with E-state index >= 15 is 0 Å². The Morgan fingerprint density at radius 3 is 1.82 bits per heavy atom. The molecule has 4 heterocycles. The molecule has 9 aromatic carbocycles. The molecule has 0 amide bonds. The number of aromatic nitrogens is 4. The fourth-order valence-electron chi connectivity index (χ4n) is 9.55. The number of rotatable bonds is 3. The maximum atomic E-state index is 5.26. The molecule has 0 unspecified atom stereocenters. The average Bonchev–Trinajstić information content (AvgIpc) is 3.91. The molecule has 0 radical (unpaired) electrons. The van der Waals surface area contributed by atoms with Crippen LogP contribution in [0, 0.1) is 0 Å². The Bertz CT molecular complexity index is 3760. The minimum Gasteiger partial charge on any atom is -0.309 e. The lowest BCUT2D eigenvalue weighted by molar-refractivity contribution is 1.18. The van der Waals surface area contributed by atoms with Gasteiger partial charge in [-0.2, -0.15) is 0 Å². The van der Waals surface area contributed by atoms with Crippen LogP contribution in [0.4, 0.5) is 0 Å². The smallest absolute Gasteiger partial charge is 0.160 e. The Labute approximate surface area is 320 Å². The van der Waals surface area contributed by atoms with Crippen molar-refractivity contribution in [1.29, 1.82) is 0 Å². The molecule has 4 nitrogen and oxygen atoms in total. The molecule has 13 aromatic rings. The molecule has 0 fully saturated rings. The summed E-state index contributed by atoms with van der Waals surface area (Å²) in [5, 5.41) is 13.6. The average molecular weight is 711 g/mol. The number of benzene rings is 9. The summed E-state index contributed by atoms with van der Waals surface area (Å²) >= 11 is 0. The van der Waals surface area contributed by atoms with E-state index in [4.69, 9.17) is 9.97 Å². The van der Waals surface area contributed by atoms with Crippen LogP contribution in [0.25, 0.3) is 121 Å². The lowest BCUT2D eigenvalue weighted by Gasteiger charge is -2.12. The van der Waals surface area contributed by atoms with E-state index in [-0.39, 0.29) is 0 Å². The quantitative estimate of drug-likeness (QED) is 0.183. The first-order valence-corrected chi connectivity index (χ1v) is 19.2. The van der Waals surface area contributed by atoms with Crippen LogP contribution >= 0.6 is 0 Å². The molecule has 0 aliphatic rings. The van der Waals surface area contributed by atoms with Crippen LogP contribution in [0.3, 0.4) is 0 Å². The van der Waals surface area contributed by atoms with Gasteiger partial charge in [-0.05, 0) is 70.8 Å². The maximum absolute atomic E-state index is 5.26. The Balaban J connectivity index is 1.07. The molecule has 4 heteroatoms. The van der Waals surface area contributed by atoms with Crippen LogP contribution in [0.2, 0.25) is 0 Å². The van der Waals surface area contributed by atoms with E-state index in [9.17, 15) is 0 Å². The molecule has 13 rings (SSSR count). The van der Waals surface area contributed by atoms with Gasteiger partial charge in [-0.3, -0.25) is 0 Å². The Hall–Kier alpha value is -7.56. The van der Waals surface area contributed by atoms with Crippen molar-refractivity contribution in [1.82, 2.24) is 18.9 Å². The largest absolute Gasteiger partial charge is 0.309 e. The molecule has 258 valence electrons. The van der Waals surface area contributed by atoms with Gasteiger partial charge in [0.15, 0.2) is 5.82 Å². The monoisotopic (exact) mass is 710 g/mol. The number of hydrogen-bond donors (Lipinski definition) is 0. The van der Waals surface area contributed by atoms with Gasteiger partial charge in [0.05, 0.1) is 38.8 Å². The highest BCUT2D eigenvalue weighted by atomic mass is 15.0. The molecule has 0 saturated carbocycles. The standard InChI is InChI=1S/C52H30N4/c1-2-13-34-29-35(22-21-31(34)11-1)48-40-17-5-8-18-44(40)53-52(54-48)33-23-26-36(27-24-33)55-45-19-9-6-15-38(45)42-30-43-39-16-7-10-20-46(39)56-49-37-14-4-3-12-32(37)25-28-41(49)47(50(42)55)51(43)56/h1-30H. The van der Waals surface area contributed by atoms with Crippen LogP contribution in [-0.2, 0) is 0 Å². The SMILES string of the molecule is c1ccc2cc(-c3nc(-c4ccc(-n5c6ccccc6c6cc7c8ccccc8n8c9c%10ccccc%10ccc9c(c65)c78)cc4)nc4ccccc34)ccc2c1. The summed E-state index contributed by atoms with van der Waals surface area (Å²) in [5.74, 6) is 0.714. The van der Waals surface area contributed by atoms with Gasteiger partial charge in [0.1, 0.15) is 0 Å². The van der Waals surface area contributed by atoms with Gasteiger partial charge in [0.2, 0.25) is 0 Å². The lowest BCUT2D eigenvalue weighted by atomic mass is 10.0. The number of hydrogen-bond acceptors (Lipinski definition) is 2. The van der Waals surface area contributed by atoms with Crippen molar-refractivity contribution in [3.05, 3.63) is 182 Å². The zero-order valence-electron chi connectivity index (χ0n) is 30.1. The number of para-hydroxylation sites is 3. The van der Waals surface area contributed by atoms with Crippen LogP contribution in [0.5, 0.6) is 0 Å². The van der Waals surface area contributed by atoms with Crippen LogP contribution in [0.15, 0.2) is 182 Å². The highest BCUT2D eigenvalue weighted by Gasteiger charge is 2.25. The first kappa shape index (κ1) is 29.8. The predicted octanol–water partition coefficient (Wildman–Crippen LogP) is 13.5. The van der Waals surface area contributed by atoms with Crippen LogP contribution < -0.4 is 0 Å². The topological polar surface area (TPSA) is 35.1 Å². The summed E-state index contributed by atoms with van der Waals surface area (Å²) in [6.45, 7) is 0. The number of nitrogens with zero attached hydrogens (tertiary/aromatic N) is 4. The Morgan fingerprint density at radius 1 is 0.357 bits per heavy atom. The minimum absolute atomic E-state index is 0.714. The zero-order chi connectivity index (χ0) is 36.5. The Morgan fingerprint density at radius 2 is 0.982 bits per heavy atom. The molecular weight excluding hydrogens is 681 g/mol. The second kappa shape index (κ2) is 11.0. The summed E-state index contributed by atoms with van der Waals surface area (Å²) in [5.41, 5.74) is 11.2. The van der Waals surface area contributed by atoms with Gasteiger partial charge in [0.25, 0.3) is 0 Å². The second-order valence-corrected chi connectivity index (χ2v) is 15.0. The lowest BCUT2D eigenvalue weighted by Crippen LogP contribution is -1.97. The molecule has 0 atom stereocenters. The van der Waals surface area contributed by atoms with E-state index in [1.165, 1.54) is 81.4 Å². The summed E-state index contributed by atoms with van der Waals surface area (Å²) in [6, 6.07) is 65.8. The fraction of sp³-hybridized carbons (Fsp3) is 0. The van der Waals surface area contributed by atoms with Gasteiger partial charge < -0.3 is 8.97 Å². The Kier molecular flexibility index (Phi) is 5.86. The van der Waals surface area contributed by atoms with E-state index in [0.717, 1.165) is 33.4 Å². The summed E-state index contributed by atoms with van der Waals surface area (Å²) in [6.07, 6.45) is 0. The first-order valence-electron chi connectivity index (χ1n) is 19.2. The summed E-state index contributed by atoms with van der Waals surface area (Å²) < 4.78 is 4.99. The molecular formula is C52H30N4. The first-order chi connectivity index (χ1) is 27.8. The molecule has 4 aromatic heterocycles. The summed E-state index contributed by atoms with van der Waals surface area (Å²) in [7, 11) is 0. The normalized spacial score (nSPS) is 12.3. The highest BCUT2D eigenvalue weighted by molar-refractivity contribution is 6.36. The second-order valence-electron chi connectivity index (χ2n) is 15.0. The van der Waals surface area contributed by atoms with E-state index in [0.29, 0.717) is 5.82 Å². The highest BCUT2D eigenvalue weighted by Crippen LogP contribution is 2.47. The number of fused-ring (bicyclic) bond motifs is 14. The molecule has 0 aliphatic heterocycles.